The predicted octanol–water partition coefficient (Wildman–Crippen LogP) is 1.87. The number of carboxylic acid groups (broad SMARTS) is 1. The number of carboxylic acids is 1. The summed E-state index contributed by atoms with van der Waals surface area (Å²) in [5.74, 6) is -0.170. The molecule has 1 aliphatic rings. The lowest BCUT2D eigenvalue weighted by molar-refractivity contribution is -0.155. The monoisotopic (exact) mass is 222 g/mol. The second-order valence-corrected chi connectivity index (χ2v) is 4.38. The van der Waals surface area contributed by atoms with Crippen LogP contribution in [0.4, 0.5) is 0 Å². The van der Waals surface area contributed by atoms with Gasteiger partial charge >= 0.3 is 5.97 Å². The molecule has 0 radical (unpaired) electrons. The molecule has 0 saturated heterocycles. The van der Waals surface area contributed by atoms with E-state index in [2.05, 4.69) is 0 Å². The Morgan fingerprint density at radius 1 is 1.50 bits per heavy atom. The number of rotatable bonds is 1. The zero-order valence-electron chi connectivity index (χ0n) is 9.28. The Bertz CT molecular complexity index is 453. The number of fused-ring (bicyclic) bond motifs is 1. The Kier molecular flexibility index (Phi) is 2.30. The number of aryl methyl sites for hydroxylation is 2. The first-order valence-corrected chi connectivity index (χ1v) is 5.17. The third-order valence-corrected chi connectivity index (χ3v) is 3.04. The molecule has 0 saturated carbocycles. The highest BCUT2D eigenvalue weighted by molar-refractivity contribution is 5.78. The standard InChI is InChI=1S/C12H14O4/c1-7-5-10-8(6-9(7)13)3-4-12(2,16-10)11(14)15/h5-6,13H,3-4H2,1-2H3,(H,14,15). The van der Waals surface area contributed by atoms with Gasteiger partial charge in [0.15, 0.2) is 0 Å². The number of phenolic OH excluding ortho intramolecular Hbond substituents is 1. The number of hydrogen-bond donors (Lipinski definition) is 2. The molecule has 86 valence electrons. The molecule has 4 heteroatoms. The minimum atomic E-state index is -1.16. The molecule has 2 N–H and O–H groups in total. The van der Waals surface area contributed by atoms with Gasteiger partial charge in [-0.1, -0.05) is 0 Å². The molecule has 0 aromatic heterocycles. The molecule has 0 bridgehead atoms. The van der Waals surface area contributed by atoms with Crippen molar-refractivity contribution < 1.29 is 19.7 Å². The SMILES string of the molecule is Cc1cc2c(cc1O)CCC(C)(C(=O)O)O2. The highest BCUT2D eigenvalue weighted by Gasteiger charge is 2.39. The van der Waals surface area contributed by atoms with Crippen molar-refractivity contribution in [3.63, 3.8) is 0 Å². The van der Waals surface area contributed by atoms with E-state index in [1.54, 1.807) is 26.0 Å². The van der Waals surface area contributed by atoms with Crippen LogP contribution in [0.5, 0.6) is 11.5 Å². The van der Waals surface area contributed by atoms with Crippen LogP contribution < -0.4 is 4.74 Å². The molecule has 1 heterocycles. The van der Waals surface area contributed by atoms with Gasteiger partial charge in [-0.15, -0.1) is 0 Å². The number of aliphatic carboxylic acids is 1. The molecule has 0 fully saturated rings. The first-order valence-electron chi connectivity index (χ1n) is 5.17. The van der Waals surface area contributed by atoms with Crippen LogP contribution in [-0.4, -0.2) is 21.8 Å². The molecular formula is C12H14O4. The van der Waals surface area contributed by atoms with Crippen LogP contribution in [0.25, 0.3) is 0 Å². The summed E-state index contributed by atoms with van der Waals surface area (Å²) < 4.78 is 5.51. The van der Waals surface area contributed by atoms with Crippen molar-refractivity contribution in [3.8, 4) is 11.5 Å². The second-order valence-electron chi connectivity index (χ2n) is 4.38. The molecule has 0 amide bonds. The largest absolute Gasteiger partial charge is 0.508 e. The summed E-state index contributed by atoms with van der Waals surface area (Å²) in [5.41, 5.74) is 0.395. The van der Waals surface area contributed by atoms with Crippen molar-refractivity contribution in [1.29, 1.82) is 0 Å². The number of aromatic hydroxyl groups is 1. The van der Waals surface area contributed by atoms with Crippen molar-refractivity contribution in [2.75, 3.05) is 0 Å². The van der Waals surface area contributed by atoms with Crippen molar-refractivity contribution in [1.82, 2.24) is 0 Å². The molecule has 1 unspecified atom stereocenters. The van der Waals surface area contributed by atoms with Crippen LogP contribution in [0.3, 0.4) is 0 Å². The van der Waals surface area contributed by atoms with Crippen LogP contribution in [-0.2, 0) is 11.2 Å². The summed E-state index contributed by atoms with van der Waals surface area (Å²) in [6.07, 6.45) is 1.02. The van der Waals surface area contributed by atoms with Gasteiger partial charge in [-0.3, -0.25) is 0 Å². The van der Waals surface area contributed by atoms with E-state index >= 15 is 0 Å². The summed E-state index contributed by atoms with van der Waals surface area (Å²) in [7, 11) is 0. The highest BCUT2D eigenvalue weighted by atomic mass is 16.5. The van der Waals surface area contributed by atoms with Gasteiger partial charge in [0.05, 0.1) is 0 Å². The molecule has 0 aliphatic carbocycles. The maximum absolute atomic E-state index is 11.1. The Morgan fingerprint density at radius 2 is 2.19 bits per heavy atom. The molecule has 1 atom stereocenters. The summed E-state index contributed by atoms with van der Waals surface area (Å²) in [4.78, 5) is 11.1. The Balaban J connectivity index is 2.41. The first kappa shape index (κ1) is 10.8. The molecule has 0 spiro atoms. The molecule has 16 heavy (non-hydrogen) atoms. The fourth-order valence-corrected chi connectivity index (χ4v) is 1.82. The van der Waals surface area contributed by atoms with E-state index < -0.39 is 11.6 Å². The van der Waals surface area contributed by atoms with Gasteiger partial charge in [0, 0.05) is 6.42 Å². The van der Waals surface area contributed by atoms with Gasteiger partial charge in [0.25, 0.3) is 0 Å². The lowest BCUT2D eigenvalue weighted by Gasteiger charge is -2.32. The summed E-state index contributed by atoms with van der Waals surface area (Å²) in [6, 6.07) is 3.33. The fourth-order valence-electron chi connectivity index (χ4n) is 1.82. The highest BCUT2D eigenvalue weighted by Crippen LogP contribution is 2.36. The molecule has 1 aliphatic heterocycles. The van der Waals surface area contributed by atoms with E-state index in [0.29, 0.717) is 24.2 Å². The van der Waals surface area contributed by atoms with Crippen LogP contribution >= 0.6 is 0 Å². The van der Waals surface area contributed by atoms with Gasteiger partial charge in [0.2, 0.25) is 5.60 Å². The molecule has 2 rings (SSSR count). The third kappa shape index (κ3) is 1.60. The van der Waals surface area contributed by atoms with Crippen molar-refractivity contribution in [2.45, 2.75) is 32.3 Å². The predicted molar refractivity (Wildman–Crippen MR) is 57.8 cm³/mol. The van der Waals surface area contributed by atoms with Crippen LogP contribution in [0, 0.1) is 6.92 Å². The zero-order valence-corrected chi connectivity index (χ0v) is 9.28. The van der Waals surface area contributed by atoms with E-state index in [1.807, 2.05) is 0 Å². The van der Waals surface area contributed by atoms with Crippen LogP contribution in [0.2, 0.25) is 0 Å². The number of hydrogen-bond acceptors (Lipinski definition) is 3. The van der Waals surface area contributed by atoms with E-state index in [0.717, 1.165) is 5.56 Å². The average Bonchev–Trinajstić information content (AvgIpc) is 2.20. The van der Waals surface area contributed by atoms with Crippen molar-refractivity contribution in [3.05, 3.63) is 23.3 Å². The number of phenols is 1. The van der Waals surface area contributed by atoms with Crippen molar-refractivity contribution in [2.24, 2.45) is 0 Å². The van der Waals surface area contributed by atoms with Crippen LogP contribution in [0.15, 0.2) is 12.1 Å². The second kappa shape index (κ2) is 3.40. The van der Waals surface area contributed by atoms with E-state index in [-0.39, 0.29) is 5.75 Å². The van der Waals surface area contributed by atoms with Gasteiger partial charge in [0.1, 0.15) is 11.5 Å². The topological polar surface area (TPSA) is 66.8 Å². The van der Waals surface area contributed by atoms with E-state index in [4.69, 9.17) is 9.84 Å². The number of benzene rings is 1. The van der Waals surface area contributed by atoms with E-state index in [9.17, 15) is 9.90 Å². The zero-order chi connectivity index (χ0) is 11.9. The summed E-state index contributed by atoms with van der Waals surface area (Å²) >= 11 is 0. The first-order chi connectivity index (χ1) is 7.42. The Morgan fingerprint density at radius 3 is 2.81 bits per heavy atom. The summed E-state index contributed by atoms with van der Waals surface area (Å²) in [6.45, 7) is 3.33. The van der Waals surface area contributed by atoms with Gasteiger partial charge < -0.3 is 14.9 Å². The maximum Gasteiger partial charge on any atom is 0.347 e. The number of carbonyl (C=O) groups is 1. The summed E-state index contributed by atoms with van der Waals surface area (Å²) in [5, 5.41) is 18.6. The van der Waals surface area contributed by atoms with Gasteiger partial charge in [-0.2, -0.15) is 0 Å². The number of ether oxygens (including phenoxy) is 1. The smallest absolute Gasteiger partial charge is 0.347 e. The Labute approximate surface area is 93.5 Å². The van der Waals surface area contributed by atoms with Gasteiger partial charge in [-0.05, 0) is 43.5 Å². The lowest BCUT2D eigenvalue weighted by atomic mass is 9.92. The molecular weight excluding hydrogens is 208 g/mol. The van der Waals surface area contributed by atoms with Crippen LogP contribution in [0.1, 0.15) is 24.5 Å². The molecule has 4 nitrogen and oxygen atoms in total. The normalized spacial score (nSPS) is 23.4. The molecule has 1 aromatic carbocycles. The molecule has 1 aromatic rings. The quantitative estimate of drug-likeness (QED) is 0.761. The fraction of sp³-hybridized carbons (Fsp3) is 0.417. The van der Waals surface area contributed by atoms with E-state index in [1.165, 1.54) is 0 Å². The lowest BCUT2D eigenvalue weighted by Crippen LogP contribution is -2.44. The van der Waals surface area contributed by atoms with Crippen molar-refractivity contribution >= 4 is 5.97 Å². The third-order valence-electron chi connectivity index (χ3n) is 3.04. The minimum absolute atomic E-state index is 0.223. The van der Waals surface area contributed by atoms with Gasteiger partial charge in [-0.25, -0.2) is 4.79 Å². The Hall–Kier alpha value is -1.71. The maximum atomic E-state index is 11.1. The minimum Gasteiger partial charge on any atom is -0.508 e. The average molecular weight is 222 g/mol.